The van der Waals surface area contributed by atoms with Crippen molar-refractivity contribution >= 4 is 23.5 Å². The minimum Gasteiger partial charge on any atom is -0.475 e. The van der Waals surface area contributed by atoms with Gasteiger partial charge >= 0.3 is 0 Å². The summed E-state index contributed by atoms with van der Waals surface area (Å²) in [6.45, 7) is -0.0526. The molecule has 166 valence electrons. The number of nitrogens with one attached hydrogen (secondary N) is 1. The van der Waals surface area contributed by atoms with Gasteiger partial charge in [0, 0.05) is 42.4 Å². The van der Waals surface area contributed by atoms with E-state index in [0.29, 0.717) is 27.8 Å². The van der Waals surface area contributed by atoms with E-state index in [0.717, 1.165) is 5.56 Å². The fourth-order valence-electron chi connectivity index (χ4n) is 2.92. The second-order valence-electron chi connectivity index (χ2n) is 6.53. The van der Waals surface area contributed by atoms with Crippen LogP contribution in [0.25, 0.3) is 11.1 Å². The van der Waals surface area contributed by atoms with Gasteiger partial charge in [-0.15, -0.1) is 11.8 Å². The predicted octanol–water partition coefficient (Wildman–Crippen LogP) is 1.89. The summed E-state index contributed by atoms with van der Waals surface area (Å²) in [4.78, 5) is 24.3. The number of pyridine rings is 3. The Hall–Kier alpha value is -4.19. The Morgan fingerprint density at radius 3 is 2.67 bits per heavy atom. The normalized spacial score (nSPS) is 10.2. The second kappa shape index (κ2) is 10.9. The van der Waals surface area contributed by atoms with Gasteiger partial charge in [0.25, 0.3) is 5.91 Å². The maximum atomic E-state index is 11.8. The maximum Gasteiger partial charge on any atom is 0.269 e. The van der Waals surface area contributed by atoms with Gasteiger partial charge in [-0.1, -0.05) is 0 Å². The van der Waals surface area contributed by atoms with Gasteiger partial charge in [-0.3, -0.25) is 9.78 Å². The molecule has 1 amide bonds. The second-order valence-corrected chi connectivity index (χ2v) is 7.49. The Balaban J connectivity index is 1.98. The van der Waals surface area contributed by atoms with Crippen LogP contribution in [0.2, 0.25) is 0 Å². The van der Waals surface area contributed by atoms with Gasteiger partial charge in [-0.2, -0.15) is 10.5 Å². The number of hydrogen-bond acceptors (Lipinski definition) is 10. The molecular formula is C22H19N7O3S. The number of nitrogen functional groups attached to an aromatic ring is 1. The molecule has 4 N–H and O–H groups in total. The lowest BCUT2D eigenvalue weighted by Crippen LogP contribution is -2.19. The number of aliphatic hydroxyl groups is 1. The molecule has 0 atom stereocenters. The number of aromatic nitrogens is 3. The van der Waals surface area contributed by atoms with Crippen molar-refractivity contribution < 1.29 is 14.6 Å². The van der Waals surface area contributed by atoms with Crippen molar-refractivity contribution in [3.63, 3.8) is 0 Å². The first-order valence-corrected chi connectivity index (χ1v) is 10.6. The summed E-state index contributed by atoms with van der Waals surface area (Å²) in [5.41, 5.74) is 8.23. The van der Waals surface area contributed by atoms with Crippen LogP contribution in [0.5, 0.6) is 5.88 Å². The Bertz CT molecular complexity index is 1250. The highest BCUT2D eigenvalue weighted by Gasteiger charge is 2.21. The Labute approximate surface area is 194 Å². The molecule has 0 saturated carbocycles. The molecule has 0 spiro atoms. The summed E-state index contributed by atoms with van der Waals surface area (Å²) in [5, 5.41) is 31.3. The van der Waals surface area contributed by atoms with Gasteiger partial charge in [0.2, 0.25) is 5.88 Å². The highest BCUT2D eigenvalue weighted by atomic mass is 32.2. The van der Waals surface area contributed by atoms with E-state index in [9.17, 15) is 15.3 Å². The molecule has 33 heavy (non-hydrogen) atoms. The first kappa shape index (κ1) is 23.5. The van der Waals surface area contributed by atoms with E-state index in [1.165, 1.54) is 31.2 Å². The Morgan fingerprint density at radius 1 is 1.24 bits per heavy atom. The number of nitrogens with zero attached hydrogens (tertiary/aromatic N) is 5. The number of nitrogens with two attached hydrogens (primary N) is 1. The predicted molar refractivity (Wildman–Crippen MR) is 121 cm³/mol. The molecule has 3 heterocycles. The number of carbonyl (C=O) groups is 1. The average molecular weight is 462 g/mol. The third kappa shape index (κ3) is 5.36. The summed E-state index contributed by atoms with van der Waals surface area (Å²) in [6, 6.07) is 10.8. The zero-order chi connectivity index (χ0) is 23.8. The van der Waals surface area contributed by atoms with Crippen LogP contribution in [0.3, 0.4) is 0 Å². The number of carbonyl (C=O) groups excluding carboxylic acids is 1. The molecule has 0 fully saturated rings. The molecular weight excluding hydrogens is 442 g/mol. The van der Waals surface area contributed by atoms with E-state index in [1.807, 2.05) is 6.07 Å². The van der Waals surface area contributed by atoms with E-state index in [2.05, 4.69) is 26.3 Å². The average Bonchev–Trinajstić information content (AvgIpc) is 2.85. The zero-order valence-electron chi connectivity index (χ0n) is 17.6. The number of amides is 1. The molecule has 0 aliphatic carbocycles. The van der Waals surface area contributed by atoms with Crippen LogP contribution in [-0.4, -0.2) is 46.2 Å². The molecule has 0 saturated heterocycles. The maximum absolute atomic E-state index is 11.8. The first-order valence-electron chi connectivity index (χ1n) is 9.65. The Morgan fingerprint density at radius 2 is 2.03 bits per heavy atom. The van der Waals surface area contributed by atoms with Crippen molar-refractivity contribution in [2.24, 2.45) is 0 Å². The topological polar surface area (TPSA) is 171 Å². The van der Waals surface area contributed by atoms with Gasteiger partial charge in [0.05, 0.1) is 12.2 Å². The van der Waals surface area contributed by atoms with Crippen LogP contribution in [0.1, 0.15) is 27.2 Å². The van der Waals surface area contributed by atoms with Gasteiger partial charge < -0.3 is 20.9 Å². The molecule has 0 unspecified atom stereocenters. The van der Waals surface area contributed by atoms with Gasteiger partial charge in [0.1, 0.15) is 40.8 Å². The summed E-state index contributed by atoms with van der Waals surface area (Å²) >= 11 is 1.25. The summed E-state index contributed by atoms with van der Waals surface area (Å²) in [7, 11) is 1.52. The number of hydrogen-bond donors (Lipinski definition) is 3. The van der Waals surface area contributed by atoms with Crippen LogP contribution >= 0.6 is 11.8 Å². The minimum atomic E-state index is -0.304. The number of thioether (sulfide) groups is 1. The quantitative estimate of drug-likeness (QED) is 0.421. The van der Waals surface area contributed by atoms with E-state index in [1.54, 1.807) is 24.3 Å². The number of ether oxygens (including phenoxy) is 1. The van der Waals surface area contributed by atoms with Crippen molar-refractivity contribution in [2.75, 3.05) is 26.0 Å². The van der Waals surface area contributed by atoms with Gasteiger partial charge in [0.15, 0.2) is 0 Å². The van der Waals surface area contributed by atoms with Crippen molar-refractivity contribution in [1.82, 2.24) is 20.3 Å². The highest BCUT2D eigenvalue weighted by Crippen LogP contribution is 2.36. The van der Waals surface area contributed by atoms with Crippen molar-refractivity contribution in [1.29, 1.82) is 10.5 Å². The van der Waals surface area contributed by atoms with Gasteiger partial charge in [-0.05, 0) is 23.8 Å². The lowest BCUT2D eigenvalue weighted by Gasteiger charge is -2.13. The molecule has 11 heteroatoms. The molecule has 10 nitrogen and oxygen atoms in total. The highest BCUT2D eigenvalue weighted by molar-refractivity contribution is 7.98. The SMILES string of the molecule is CNC(=O)c1cc(CSc2nc(N)c(C#N)c(-c3ccc(OCCO)nc3)c2C#N)ccn1. The van der Waals surface area contributed by atoms with Crippen molar-refractivity contribution in [3.05, 3.63) is 59.0 Å². The lowest BCUT2D eigenvalue weighted by molar-refractivity contribution is 0.0958. The Kier molecular flexibility index (Phi) is 7.76. The lowest BCUT2D eigenvalue weighted by atomic mass is 9.98. The third-order valence-electron chi connectivity index (χ3n) is 4.44. The molecule has 0 radical (unpaired) electrons. The van der Waals surface area contributed by atoms with E-state index < -0.39 is 0 Å². The molecule has 0 aliphatic heterocycles. The molecule has 3 rings (SSSR count). The smallest absolute Gasteiger partial charge is 0.269 e. The monoisotopic (exact) mass is 461 g/mol. The van der Waals surface area contributed by atoms with Crippen molar-refractivity contribution in [3.8, 4) is 29.1 Å². The summed E-state index contributed by atoms with van der Waals surface area (Å²) < 4.78 is 5.26. The fraction of sp³-hybridized carbons (Fsp3) is 0.182. The van der Waals surface area contributed by atoms with Crippen LogP contribution < -0.4 is 15.8 Å². The van der Waals surface area contributed by atoms with Crippen LogP contribution in [-0.2, 0) is 5.75 Å². The molecule has 0 aliphatic rings. The van der Waals surface area contributed by atoms with Crippen LogP contribution in [0.15, 0.2) is 41.7 Å². The number of rotatable bonds is 8. The van der Waals surface area contributed by atoms with E-state index in [-0.39, 0.29) is 41.8 Å². The van der Waals surface area contributed by atoms with Crippen molar-refractivity contribution in [2.45, 2.75) is 10.8 Å². The molecule has 3 aromatic heterocycles. The van der Waals surface area contributed by atoms with E-state index in [4.69, 9.17) is 15.6 Å². The first-order chi connectivity index (χ1) is 16.0. The largest absolute Gasteiger partial charge is 0.475 e. The number of anilines is 1. The molecule has 3 aromatic rings. The van der Waals surface area contributed by atoms with Crippen LogP contribution in [0.4, 0.5) is 5.82 Å². The standard InChI is InChI=1S/C22H19N7O3S/c1-26-21(31)17-8-13(4-5-27-17)12-33-22-16(10-24)19(15(9-23)20(25)29-22)14-2-3-18(28-11-14)32-7-6-30/h2-5,8,11,30H,6-7,12H2,1H3,(H2,25,29)(H,26,31). The van der Waals surface area contributed by atoms with Crippen LogP contribution in [0, 0.1) is 22.7 Å². The summed E-state index contributed by atoms with van der Waals surface area (Å²) in [5.74, 6) is 0.383. The van der Waals surface area contributed by atoms with E-state index >= 15 is 0 Å². The zero-order valence-corrected chi connectivity index (χ0v) is 18.4. The molecule has 0 bridgehead atoms. The number of nitriles is 2. The minimum absolute atomic E-state index is 0.00427. The fourth-order valence-corrected chi connectivity index (χ4v) is 3.86. The van der Waals surface area contributed by atoms with Gasteiger partial charge in [-0.25, -0.2) is 9.97 Å². The molecule has 0 aromatic carbocycles. The third-order valence-corrected chi connectivity index (χ3v) is 5.49. The summed E-state index contributed by atoms with van der Waals surface area (Å²) in [6.07, 6.45) is 3.00. The number of aliphatic hydroxyl groups excluding tert-OH is 1.